The summed E-state index contributed by atoms with van der Waals surface area (Å²) in [6.07, 6.45) is 6.07. The molecule has 1 amide bonds. The van der Waals surface area contributed by atoms with Crippen molar-refractivity contribution in [3.8, 4) is 0 Å². The molecule has 1 fully saturated rings. The number of nitrogens with zero attached hydrogens (tertiary/aromatic N) is 4. The van der Waals surface area contributed by atoms with Crippen LogP contribution in [0.4, 0.5) is 5.82 Å². The Kier molecular flexibility index (Phi) is 4.31. The Morgan fingerprint density at radius 3 is 2.70 bits per heavy atom. The van der Waals surface area contributed by atoms with Gasteiger partial charge in [-0.05, 0) is 28.8 Å². The molecule has 0 radical (unpaired) electrons. The molecule has 1 saturated carbocycles. The van der Waals surface area contributed by atoms with Crippen molar-refractivity contribution < 1.29 is 4.79 Å². The standard InChI is InChI=1S/C16H22BrN5O/c1-9(2)15-20-13(17)12-14(18)19-8-11(22(12)15)16(23)21(3)10-6-4-5-7-10/h8-10H,4-7H2,1-3H3,(H2,18,19). The molecule has 3 rings (SSSR count). The lowest BCUT2D eigenvalue weighted by Gasteiger charge is -2.25. The van der Waals surface area contributed by atoms with Gasteiger partial charge < -0.3 is 10.6 Å². The molecule has 0 aromatic carbocycles. The third-order valence-corrected chi connectivity index (χ3v) is 5.15. The number of imidazole rings is 1. The second-order valence-electron chi connectivity index (χ2n) is 6.48. The van der Waals surface area contributed by atoms with Gasteiger partial charge in [0.2, 0.25) is 0 Å². The highest BCUT2D eigenvalue weighted by Crippen LogP contribution is 2.29. The van der Waals surface area contributed by atoms with E-state index in [1.54, 1.807) is 6.20 Å². The van der Waals surface area contributed by atoms with Crippen molar-refractivity contribution in [3.05, 3.63) is 22.3 Å². The molecule has 6 nitrogen and oxygen atoms in total. The van der Waals surface area contributed by atoms with E-state index >= 15 is 0 Å². The molecule has 7 heteroatoms. The fourth-order valence-electron chi connectivity index (χ4n) is 3.30. The highest BCUT2D eigenvalue weighted by atomic mass is 79.9. The minimum absolute atomic E-state index is 0.0267. The van der Waals surface area contributed by atoms with E-state index in [1.807, 2.05) is 30.2 Å². The molecule has 0 atom stereocenters. The predicted octanol–water partition coefficient (Wildman–Crippen LogP) is 3.21. The lowest BCUT2D eigenvalue weighted by Crippen LogP contribution is -2.36. The first-order valence-electron chi connectivity index (χ1n) is 8.01. The van der Waals surface area contributed by atoms with E-state index in [0.29, 0.717) is 27.7 Å². The van der Waals surface area contributed by atoms with Gasteiger partial charge in [-0.2, -0.15) is 0 Å². The normalized spacial score (nSPS) is 15.7. The fourth-order valence-corrected chi connectivity index (χ4v) is 3.86. The van der Waals surface area contributed by atoms with Crippen LogP contribution in [0.2, 0.25) is 0 Å². The molecule has 1 aliphatic carbocycles. The second kappa shape index (κ2) is 6.11. The third kappa shape index (κ3) is 2.71. The average Bonchev–Trinajstić information content (AvgIpc) is 3.15. The van der Waals surface area contributed by atoms with Gasteiger partial charge in [0.1, 0.15) is 21.6 Å². The largest absolute Gasteiger partial charge is 0.382 e. The van der Waals surface area contributed by atoms with Gasteiger partial charge in [-0.25, -0.2) is 9.97 Å². The maximum atomic E-state index is 13.0. The molecule has 1 aliphatic rings. The van der Waals surface area contributed by atoms with Crippen molar-refractivity contribution in [3.63, 3.8) is 0 Å². The number of aromatic nitrogens is 3. The average molecular weight is 380 g/mol. The van der Waals surface area contributed by atoms with E-state index in [9.17, 15) is 4.79 Å². The predicted molar refractivity (Wildman–Crippen MR) is 93.5 cm³/mol. The number of anilines is 1. The van der Waals surface area contributed by atoms with Crippen molar-refractivity contribution in [2.75, 3.05) is 12.8 Å². The molecule has 2 aromatic rings. The van der Waals surface area contributed by atoms with E-state index in [4.69, 9.17) is 5.73 Å². The Balaban J connectivity index is 2.13. The SMILES string of the molecule is CC(C)c1nc(Br)c2c(N)ncc(C(=O)N(C)C3CCCC3)n12. The molecule has 0 spiro atoms. The quantitative estimate of drug-likeness (QED) is 0.887. The second-order valence-corrected chi connectivity index (χ2v) is 7.23. The van der Waals surface area contributed by atoms with Crippen LogP contribution in [-0.4, -0.2) is 38.3 Å². The Morgan fingerprint density at radius 2 is 2.09 bits per heavy atom. The molecule has 2 heterocycles. The maximum Gasteiger partial charge on any atom is 0.272 e. The summed E-state index contributed by atoms with van der Waals surface area (Å²) in [4.78, 5) is 23.6. The molecule has 0 bridgehead atoms. The molecule has 0 saturated heterocycles. The van der Waals surface area contributed by atoms with E-state index in [1.165, 1.54) is 12.8 Å². The molecule has 0 aliphatic heterocycles. The van der Waals surface area contributed by atoms with Crippen molar-refractivity contribution in [2.45, 2.75) is 51.5 Å². The zero-order valence-corrected chi connectivity index (χ0v) is 15.3. The zero-order chi connectivity index (χ0) is 16.7. The van der Waals surface area contributed by atoms with Gasteiger partial charge in [0.05, 0.1) is 6.20 Å². The summed E-state index contributed by atoms with van der Waals surface area (Å²) >= 11 is 3.45. The van der Waals surface area contributed by atoms with Crippen LogP contribution >= 0.6 is 15.9 Å². The molecule has 124 valence electrons. The first-order chi connectivity index (χ1) is 10.9. The summed E-state index contributed by atoms with van der Waals surface area (Å²) in [6.45, 7) is 4.10. The van der Waals surface area contributed by atoms with Crippen molar-refractivity contribution in [2.24, 2.45) is 0 Å². The lowest BCUT2D eigenvalue weighted by molar-refractivity contribution is 0.0727. The fraction of sp³-hybridized carbons (Fsp3) is 0.562. The number of fused-ring (bicyclic) bond motifs is 1. The minimum Gasteiger partial charge on any atom is -0.382 e. The van der Waals surface area contributed by atoms with E-state index in [2.05, 4.69) is 25.9 Å². The summed E-state index contributed by atoms with van der Waals surface area (Å²) < 4.78 is 2.48. The summed E-state index contributed by atoms with van der Waals surface area (Å²) in [7, 11) is 1.88. The highest BCUT2D eigenvalue weighted by molar-refractivity contribution is 9.10. The maximum absolute atomic E-state index is 13.0. The third-order valence-electron chi connectivity index (χ3n) is 4.60. The van der Waals surface area contributed by atoms with Gasteiger partial charge in [0.25, 0.3) is 5.91 Å². The molecule has 2 N–H and O–H groups in total. The molecule has 2 aromatic heterocycles. The van der Waals surface area contributed by atoms with Crippen LogP contribution in [0.5, 0.6) is 0 Å². The van der Waals surface area contributed by atoms with Gasteiger partial charge in [0, 0.05) is 19.0 Å². The number of nitrogens with two attached hydrogens (primary N) is 1. The van der Waals surface area contributed by atoms with Crippen molar-refractivity contribution >= 4 is 33.2 Å². The Labute approximate surface area is 144 Å². The summed E-state index contributed by atoms with van der Waals surface area (Å²) in [6, 6.07) is 0.310. The van der Waals surface area contributed by atoms with Crippen LogP contribution in [-0.2, 0) is 0 Å². The minimum atomic E-state index is -0.0267. The van der Waals surface area contributed by atoms with Crippen LogP contribution in [0.1, 0.15) is 61.8 Å². The number of nitrogen functional groups attached to an aromatic ring is 1. The molecular weight excluding hydrogens is 358 g/mol. The smallest absolute Gasteiger partial charge is 0.272 e. The van der Waals surface area contributed by atoms with Gasteiger partial charge in [0.15, 0.2) is 5.82 Å². The molecule has 0 unspecified atom stereocenters. The highest BCUT2D eigenvalue weighted by Gasteiger charge is 2.28. The number of carbonyl (C=O) groups excluding carboxylic acids is 1. The van der Waals surface area contributed by atoms with E-state index in [0.717, 1.165) is 18.7 Å². The number of rotatable bonds is 3. The Bertz CT molecular complexity index is 748. The summed E-state index contributed by atoms with van der Waals surface area (Å²) in [5.74, 6) is 1.32. The van der Waals surface area contributed by atoms with Gasteiger partial charge in [-0.1, -0.05) is 26.7 Å². The van der Waals surface area contributed by atoms with E-state index < -0.39 is 0 Å². The first-order valence-corrected chi connectivity index (χ1v) is 8.80. The number of halogens is 1. The van der Waals surface area contributed by atoms with E-state index in [-0.39, 0.29) is 11.8 Å². The first kappa shape index (κ1) is 16.2. The summed E-state index contributed by atoms with van der Waals surface area (Å²) in [5.41, 5.74) is 7.20. The topological polar surface area (TPSA) is 76.5 Å². The Morgan fingerprint density at radius 1 is 1.43 bits per heavy atom. The lowest BCUT2D eigenvalue weighted by atomic mass is 10.2. The van der Waals surface area contributed by atoms with Gasteiger partial charge >= 0.3 is 0 Å². The van der Waals surface area contributed by atoms with Gasteiger partial charge in [-0.3, -0.25) is 9.20 Å². The molecule has 23 heavy (non-hydrogen) atoms. The number of hydrogen-bond acceptors (Lipinski definition) is 4. The van der Waals surface area contributed by atoms with Crippen LogP contribution in [0.3, 0.4) is 0 Å². The van der Waals surface area contributed by atoms with Gasteiger partial charge in [-0.15, -0.1) is 0 Å². The van der Waals surface area contributed by atoms with Crippen LogP contribution in [0, 0.1) is 0 Å². The zero-order valence-electron chi connectivity index (χ0n) is 13.7. The summed E-state index contributed by atoms with van der Waals surface area (Å²) in [5, 5.41) is 0. The Hall–Kier alpha value is -1.63. The molecular formula is C16H22BrN5O. The van der Waals surface area contributed by atoms with Crippen LogP contribution < -0.4 is 5.73 Å². The van der Waals surface area contributed by atoms with Crippen molar-refractivity contribution in [1.82, 2.24) is 19.3 Å². The number of carbonyl (C=O) groups is 1. The van der Waals surface area contributed by atoms with Crippen molar-refractivity contribution in [1.29, 1.82) is 0 Å². The number of hydrogen-bond donors (Lipinski definition) is 1. The van der Waals surface area contributed by atoms with Crippen LogP contribution in [0.25, 0.3) is 5.52 Å². The van der Waals surface area contributed by atoms with Crippen LogP contribution in [0.15, 0.2) is 10.8 Å². The number of amides is 1. The monoisotopic (exact) mass is 379 g/mol.